The van der Waals surface area contributed by atoms with E-state index in [1.54, 1.807) is 0 Å². The average Bonchev–Trinajstić information content (AvgIpc) is 2.63. The van der Waals surface area contributed by atoms with Crippen molar-refractivity contribution in [1.82, 2.24) is 4.98 Å². The average molecular weight is 265 g/mol. The highest BCUT2D eigenvalue weighted by atomic mass is 35.5. The summed E-state index contributed by atoms with van der Waals surface area (Å²) < 4.78 is 37.1. The van der Waals surface area contributed by atoms with E-state index in [0.29, 0.717) is 25.6 Å². The molecule has 0 saturated carbocycles. The zero-order valence-corrected chi connectivity index (χ0v) is 9.35. The first-order valence-corrected chi connectivity index (χ1v) is 5.30. The predicted octanol–water partition coefficient (Wildman–Crippen LogP) is 2.88. The van der Waals surface area contributed by atoms with Crippen molar-refractivity contribution in [2.45, 2.75) is 19.0 Å². The molecule has 0 radical (unpaired) electrons. The maximum atomic E-state index is 12.4. The van der Waals surface area contributed by atoms with Crippen LogP contribution in [0.2, 0.25) is 5.02 Å². The van der Waals surface area contributed by atoms with Gasteiger partial charge in [0.2, 0.25) is 5.91 Å². The molecule has 0 unspecified atom stereocenters. The summed E-state index contributed by atoms with van der Waals surface area (Å²) in [6, 6.07) is 0.787. The molecule has 2 heterocycles. The number of hydrogen-bond donors (Lipinski definition) is 0. The van der Waals surface area contributed by atoms with Gasteiger partial charge in [-0.2, -0.15) is 13.2 Å². The zero-order valence-electron chi connectivity index (χ0n) is 8.59. The largest absolute Gasteiger partial charge is 0.417 e. The van der Waals surface area contributed by atoms with Crippen LogP contribution in [0.4, 0.5) is 19.0 Å². The molecule has 0 spiro atoms. The van der Waals surface area contributed by atoms with E-state index in [0.717, 1.165) is 6.07 Å². The molecule has 92 valence electrons. The first kappa shape index (κ1) is 12.2. The molecule has 1 aromatic heterocycles. The second-order valence-electron chi connectivity index (χ2n) is 3.68. The molecule has 0 bridgehead atoms. The second kappa shape index (κ2) is 4.18. The number of nitrogens with zero attached hydrogens (tertiary/aromatic N) is 2. The summed E-state index contributed by atoms with van der Waals surface area (Å²) in [4.78, 5) is 16.4. The molecular formula is C10H8ClF3N2O. The van der Waals surface area contributed by atoms with E-state index in [1.807, 2.05) is 0 Å². The Balaban J connectivity index is 2.35. The molecule has 1 fully saturated rings. The monoisotopic (exact) mass is 264 g/mol. The fraction of sp³-hybridized carbons (Fsp3) is 0.400. The van der Waals surface area contributed by atoms with Gasteiger partial charge in [-0.1, -0.05) is 11.6 Å². The normalized spacial score (nSPS) is 16.7. The van der Waals surface area contributed by atoms with Crippen molar-refractivity contribution in [1.29, 1.82) is 0 Å². The molecule has 1 aliphatic heterocycles. The number of aromatic nitrogens is 1. The fourth-order valence-corrected chi connectivity index (χ4v) is 1.92. The van der Waals surface area contributed by atoms with Crippen LogP contribution in [-0.4, -0.2) is 17.4 Å². The molecular weight excluding hydrogens is 257 g/mol. The lowest BCUT2D eigenvalue weighted by Crippen LogP contribution is -2.25. The standard InChI is InChI=1S/C10H8ClF3N2O/c11-7-4-6(10(12,13)14)5-15-9(7)16-3-1-2-8(16)17/h4-5H,1-3H2. The van der Waals surface area contributed by atoms with Gasteiger partial charge in [-0.3, -0.25) is 9.69 Å². The fourth-order valence-electron chi connectivity index (χ4n) is 1.66. The smallest absolute Gasteiger partial charge is 0.296 e. The van der Waals surface area contributed by atoms with Gasteiger partial charge in [0.05, 0.1) is 10.6 Å². The zero-order chi connectivity index (χ0) is 12.6. The van der Waals surface area contributed by atoms with Crippen molar-refractivity contribution in [3.05, 3.63) is 22.8 Å². The van der Waals surface area contributed by atoms with Gasteiger partial charge in [-0.15, -0.1) is 0 Å². The number of anilines is 1. The number of hydrogen-bond acceptors (Lipinski definition) is 2. The molecule has 17 heavy (non-hydrogen) atoms. The van der Waals surface area contributed by atoms with E-state index in [4.69, 9.17) is 11.6 Å². The molecule has 3 nitrogen and oxygen atoms in total. The summed E-state index contributed by atoms with van der Waals surface area (Å²) in [5.74, 6) is -0.0682. The number of carbonyl (C=O) groups excluding carboxylic acids is 1. The third-order valence-electron chi connectivity index (χ3n) is 2.48. The Labute approximate surface area is 100 Å². The molecule has 1 aromatic rings. The topological polar surface area (TPSA) is 33.2 Å². The second-order valence-corrected chi connectivity index (χ2v) is 4.08. The molecule has 0 atom stereocenters. The van der Waals surface area contributed by atoms with Crippen molar-refractivity contribution < 1.29 is 18.0 Å². The number of rotatable bonds is 1. The van der Waals surface area contributed by atoms with Crippen LogP contribution in [0.5, 0.6) is 0 Å². The lowest BCUT2D eigenvalue weighted by molar-refractivity contribution is -0.137. The van der Waals surface area contributed by atoms with E-state index in [9.17, 15) is 18.0 Å². The van der Waals surface area contributed by atoms with Crippen molar-refractivity contribution in [3.63, 3.8) is 0 Å². The maximum absolute atomic E-state index is 12.4. The Morgan fingerprint density at radius 3 is 2.59 bits per heavy atom. The van der Waals surface area contributed by atoms with Gasteiger partial charge in [0, 0.05) is 19.2 Å². The van der Waals surface area contributed by atoms with Crippen LogP contribution in [0.3, 0.4) is 0 Å². The maximum Gasteiger partial charge on any atom is 0.417 e. The number of pyridine rings is 1. The first-order valence-electron chi connectivity index (χ1n) is 4.92. The van der Waals surface area contributed by atoms with Crippen molar-refractivity contribution in [2.24, 2.45) is 0 Å². The van der Waals surface area contributed by atoms with E-state index < -0.39 is 11.7 Å². The van der Waals surface area contributed by atoms with Crippen LogP contribution in [0.25, 0.3) is 0 Å². The van der Waals surface area contributed by atoms with Gasteiger partial charge in [0.1, 0.15) is 0 Å². The van der Waals surface area contributed by atoms with E-state index >= 15 is 0 Å². The quantitative estimate of drug-likeness (QED) is 0.781. The minimum atomic E-state index is -4.48. The highest BCUT2D eigenvalue weighted by Gasteiger charge is 2.33. The molecule has 0 aliphatic carbocycles. The molecule has 1 aliphatic rings. The highest BCUT2D eigenvalue weighted by Crippen LogP contribution is 2.34. The molecule has 7 heteroatoms. The SMILES string of the molecule is O=C1CCCN1c1ncc(C(F)(F)F)cc1Cl. The van der Waals surface area contributed by atoms with Gasteiger partial charge in [0.25, 0.3) is 0 Å². The first-order chi connectivity index (χ1) is 7.89. The van der Waals surface area contributed by atoms with Gasteiger partial charge < -0.3 is 0 Å². The highest BCUT2D eigenvalue weighted by molar-refractivity contribution is 6.33. The van der Waals surface area contributed by atoms with Gasteiger partial charge in [-0.25, -0.2) is 4.98 Å². The Kier molecular flexibility index (Phi) is 2.99. The van der Waals surface area contributed by atoms with Crippen LogP contribution in [-0.2, 0) is 11.0 Å². The van der Waals surface area contributed by atoms with E-state index in [2.05, 4.69) is 4.98 Å². The minimum absolute atomic E-state index is 0.0992. The Morgan fingerprint density at radius 2 is 2.12 bits per heavy atom. The van der Waals surface area contributed by atoms with Crippen molar-refractivity contribution >= 4 is 23.3 Å². The minimum Gasteiger partial charge on any atom is -0.296 e. The van der Waals surface area contributed by atoms with Crippen LogP contribution in [0, 0.1) is 0 Å². The number of amides is 1. The lowest BCUT2D eigenvalue weighted by Gasteiger charge is -2.16. The molecule has 1 saturated heterocycles. The summed E-state index contributed by atoms with van der Waals surface area (Å²) in [6.07, 6.45) is -2.76. The third kappa shape index (κ3) is 2.36. The molecule has 1 amide bonds. The molecule has 2 rings (SSSR count). The number of carbonyl (C=O) groups is 1. The van der Waals surface area contributed by atoms with Crippen molar-refractivity contribution in [2.75, 3.05) is 11.4 Å². The van der Waals surface area contributed by atoms with Crippen LogP contribution >= 0.6 is 11.6 Å². The third-order valence-corrected chi connectivity index (χ3v) is 2.76. The van der Waals surface area contributed by atoms with Gasteiger partial charge in [-0.05, 0) is 12.5 Å². The van der Waals surface area contributed by atoms with Crippen LogP contribution in [0.15, 0.2) is 12.3 Å². The lowest BCUT2D eigenvalue weighted by atomic mass is 10.2. The Bertz CT molecular complexity index is 461. The summed E-state index contributed by atoms with van der Waals surface area (Å²) in [5.41, 5.74) is -0.919. The molecule has 0 aromatic carbocycles. The summed E-state index contributed by atoms with van der Waals surface area (Å²) in [7, 11) is 0. The number of halogens is 4. The summed E-state index contributed by atoms with van der Waals surface area (Å²) in [5, 5.41) is -0.157. The summed E-state index contributed by atoms with van der Waals surface area (Å²) >= 11 is 5.72. The molecule has 0 N–H and O–H groups in total. The van der Waals surface area contributed by atoms with E-state index in [-0.39, 0.29) is 16.7 Å². The van der Waals surface area contributed by atoms with Gasteiger partial charge >= 0.3 is 6.18 Å². The summed E-state index contributed by atoms with van der Waals surface area (Å²) in [6.45, 7) is 0.441. The number of alkyl halides is 3. The van der Waals surface area contributed by atoms with Crippen LogP contribution < -0.4 is 4.90 Å². The van der Waals surface area contributed by atoms with Crippen molar-refractivity contribution in [3.8, 4) is 0 Å². The van der Waals surface area contributed by atoms with Crippen LogP contribution in [0.1, 0.15) is 18.4 Å². The Morgan fingerprint density at radius 1 is 1.41 bits per heavy atom. The van der Waals surface area contributed by atoms with E-state index in [1.165, 1.54) is 4.90 Å². The predicted molar refractivity (Wildman–Crippen MR) is 55.8 cm³/mol. The van der Waals surface area contributed by atoms with Gasteiger partial charge in [0.15, 0.2) is 5.82 Å². The Hall–Kier alpha value is -1.30.